The fourth-order valence-electron chi connectivity index (χ4n) is 2.47. The first-order valence-electron chi connectivity index (χ1n) is 8.07. The van der Waals surface area contributed by atoms with Gasteiger partial charge in [-0.2, -0.15) is 0 Å². The summed E-state index contributed by atoms with van der Waals surface area (Å²) in [5.41, 5.74) is 5.80. The van der Waals surface area contributed by atoms with Crippen LogP contribution in [0.4, 0.5) is 5.00 Å². The largest absolute Gasteiger partial charge is 0.313 e. The molecule has 0 aliphatic rings. The molecule has 0 fully saturated rings. The lowest BCUT2D eigenvalue weighted by Gasteiger charge is -2.12. The van der Waals surface area contributed by atoms with Crippen LogP contribution in [0.2, 0.25) is 0 Å². The van der Waals surface area contributed by atoms with Crippen LogP contribution in [0.25, 0.3) is 11.1 Å². The Kier molecular flexibility index (Phi) is 5.46. The van der Waals surface area contributed by atoms with E-state index in [-0.39, 0.29) is 11.8 Å². The van der Waals surface area contributed by atoms with Gasteiger partial charge in [-0.1, -0.05) is 42.5 Å². The van der Waals surface area contributed by atoms with Crippen LogP contribution in [-0.2, 0) is 0 Å². The van der Waals surface area contributed by atoms with Crippen LogP contribution in [0.5, 0.6) is 0 Å². The second-order valence-corrected chi connectivity index (χ2v) is 6.81. The van der Waals surface area contributed by atoms with Crippen molar-refractivity contribution in [2.45, 2.75) is 0 Å². The van der Waals surface area contributed by atoms with Gasteiger partial charge >= 0.3 is 0 Å². The molecule has 0 saturated carbocycles. The molecule has 0 aliphatic carbocycles. The summed E-state index contributed by atoms with van der Waals surface area (Å²) in [6, 6.07) is 19.1. The number of amides is 2. The summed E-state index contributed by atoms with van der Waals surface area (Å²) in [6.45, 7) is 0. The van der Waals surface area contributed by atoms with Gasteiger partial charge in [-0.15, -0.1) is 11.3 Å². The number of thiophene rings is 1. The Balaban J connectivity index is 1.73. The van der Waals surface area contributed by atoms with Gasteiger partial charge in [0.05, 0.1) is 5.56 Å². The molecule has 0 aliphatic heterocycles. The molecule has 0 radical (unpaired) electrons. The van der Waals surface area contributed by atoms with Gasteiger partial charge in [0.2, 0.25) is 0 Å². The zero-order chi connectivity index (χ0) is 18.5. The van der Waals surface area contributed by atoms with E-state index in [1.807, 2.05) is 42.5 Å². The molecule has 3 rings (SSSR count). The van der Waals surface area contributed by atoms with Crippen molar-refractivity contribution in [3.63, 3.8) is 0 Å². The van der Waals surface area contributed by atoms with Crippen molar-refractivity contribution in [2.75, 3.05) is 19.4 Å². The van der Waals surface area contributed by atoms with Crippen molar-refractivity contribution in [3.05, 3.63) is 77.2 Å². The predicted octanol–water partition coefficient (Wildman–Crippen LogP) is 3.87. The Morgan fingerprint density at radius 3 is 2.15 bits per heavy atom. The van der Waals surface area contributed by atoms with Gasteiger partial charge in [-0.05, 0) is 34.7 Å². The maximum Gasteiger partial charge on any atom is 0.268 e. The standard InChI is InChI=1S/C20H19N3O2S/c1-23(2)22-19(25)17-12-13-26-20(17)21-18(24)16-10-8-15(9-11-16)14-6-4-3-5-7-14/h3-13H,1-2H3,(H,21,24)(H,22,25). The second-order valence-electron chi connectivity index (χ2n) is 5.90. The summed E-state index contributed by atoms with van der Waals surface area (Å²) < 4.78 is 0. The number of rotatable bonds is 5. The zero-order valence-corrected chi connectivity index (χ0v) is 15.3. The minimum Gasteiger partial charge on any atom is -0.313 e. The molecule has 1 aromatic heterocycles. The molecule has 26 heavy (non-hydrogen) atoms. The van der Waals surface area contributed by atoms with E-state index in [9.17, 15) is 9.59 Å². The van der Waals surface area contributed by atoms with Gasteiger partial charge < -0.3 is 5.32 Å². The Morgan fingerprint density at radius 1 is 0.846 bits per heavy atom. The molecule has 0 saturated heterocycles. The Morgan fingerprint density at radius 2 is 1.50 bits per heavy atom. The Bertz CT molecular complexity index is 902. The normalized spacial score (nSPS) is 10.6. The quantitative estimate of drug-likeness (QED) is 0.675. The molecule has 1 heterocycles. The monoisotopic (exact) mass is 365 g/mol. The molecular weight excluding hydrogens is 346 g/mol. The number of nitrogens with one attached hydrogen (secondary N) is 2. The molecule has 0 spiro atoms. The molecule has 2 N–H and O–H groups in total. The highest BCUT2D eigenvalue weighted by Crippen LogP contribution is 2.25. The second kappa shape index (κ2) is 7.95. The lowest BCUT2D eigenvalue weighted by Crippen LogP contribution is -2.36. The lowest BCUT2D eigenvalue weighted by atomic mass is 10.0. The summed E-state index contributed by atoms with van der Waals surface area (Å²) in [6.07, 6.45) is 0. The third-order valence-electron chi connectivity index (χ3n) is 3.72. The van der Waals surface area contributed by atoms with Crippen LogP contribution in [0, 0.1) is 0 Å². The molecule has 0 unspecified atom stereocenters. The molecule has 3 aromatic rings. The average molecular weight is 365 g/mol. The highest BCUT2D eigenvalue weighted by molar-refractivity contribution is 7.14. The summed E-state index contributed by atoms with van der Waals surface area (Å²) in [7, 11) is 3.47. The van der Waals surface area contributed by atoms with Crippen LogP contribution < -0.4 is 10.7 Å². The molecular formula is C20H19N3O2S. The maximum atomic E-state index is 12.5. The van der Waals surface area contributed by atoms with Crippen LogP contribution in [-0.4, -0.2) is 30.9 Å². The first kappa shape index (κ1) is 17.8. The first-order valence-corrected chi connectivity index (χ1v) is 8.95. The smallest absolute Gasteiger partial charge is 0.268 e. The summed E-state index contributed by atoms with van der Waals surface area (Å²) in [5.74, 6) is -0.503. The fraction of sp³-hybridized carbons (Fsp3) is 0.100. The van der Waals surface area contributed by atoms with Gasteiger partial charge in [0, 0.05) is 19.7 Å². The molecule has 6 heteroatoms. The van der Waals surface area contributed by atoms with Gasteiger partial charge in [-0.25, -0.2) is 5.01 Å². The number of carbonyl (C=O) groups is 2. The van der Waals surface area contributed by atoms with E-state index in [0.29, 0.717) is 16.1 Å². The van der Waals surface area contributed by atoms with E-state index in [1.165, 1.54) is 11.3 Å². The van der Waals surface area contributed by atoms with E-state index in [0.717, 1.165) is 11.1 Å². The molecule has 0 atom stereocenters. The number of nitrogens with zero attached hydrogens (tertiary/aromatic N) is 1. The summed E-state index contributed by atoms with van der Waals surface area (Å²) >= 11 is 1.32. The lowest BCUT2D eigenvalue weighted by molar-refractivity contribution is 0.0858. The van der Waals surface area contributed by atoms with Gasteiger partial charge in [0.1, 0.15) is 5.00 Å². The highest BCUT2D eigenvalue weighted by Gasteiger charge is 2.16. The number of carbonyl (C=O) groups excluding carboxylic acids is 2. The van der Waals surface area contributed by atoms with E-state index in [4.69, 9.17) is 0 Å². The van der Waals surface area contributed by atoms with Crippen molar-refractivity contribution in [3.8, 4) is 11.1 Å². The molecule has 2 aromatic carbocycles. The fourth-order valence-corrected chi connectivity index (χ4v) is 3.25. The number of benzene rings is 2. The van der Waals surface area contributed by atoms with Crippen molar-refractivity contribution < 1.29 is 9.59 Å². The predicted molar refractivity (Wildman–Crippen MR) is 105 cm³/mol. The van der Waals surface area contributed by atoms with Crippen LogP contribution in [0.15, 0.2) is 66.0 Å². The van der Waals surface area contributed by atoms with Crippen LogP contribution in [0.3, 0.4) is 0 Å². The molecule has 0 bridgehead atoms. The van der Waals surface area contributed by atoms with Gasteiger partial charge in [0.15, 0.2) is 0 Å². The van der Waals surface area contributed by atoms with E-state index in [1.54, 1.807) is 42.7 Å². The minimum atomic E-state index is -0.258. The summed E-state index contributed by atoms with van der Waals surface area (Å²) in [4.78, 5) is 24.7. The van der Waals surface area contributed by atoms with Crippen LogP contribution >= 0.6 is 11.3 Å². The topological polar surface area (TPSA) is 61.4 Å². The van der Waals surface area contributed by atoms with Gasteiger partial charge in [-0.3, -0.25) is 15.0 Å². The average Bonchev–Trinajstić information content (AvgIpc) is 3.10. The SMILES string of the molecule is CN(C)NC(=O)c1ccsc1NC(=O)c1ccc(-c2ccccc2)cc1. The highest BCUT2D eigenvalue weighted by atomic mass is 32.1. The minimum absolute atomic E-state index is 0.244. The zero-order valence-electron chi connectivity index (χ0n) is 14.5. The first-order chi connectivity index (χ1) is 12.5. The molecule has 2 amide bonds. The van der Waals surface area contributed by atoms with Crippen molar-refractivity contribution >= 4 is 28.2 Å². The number of hydrogen-bond acceptors (Lipinski definition) is 4. The molecule has 132 valence electrons. The maximum absolute atomic E-state index is 12.5. The number of hydrazine groups is 1. The summed E-state index contributed by atoms with van der Waals surface area (Å²) in [5, 5.41) is 6.69. The van der Waals surface area contributed by atoms with E-state index < -0.39 is 0 Å². The Hall–Kier alpha value is -2.96. The van der Waals surface area contributed by atoms with Gasteiger partial charge in [0.25, 0.3) is 11.8 Å². The van der Waals surface area contributed by atoms with Crippen LogP contribution in [0.1, 0.15) is 20.7 Å². The molecule has 5 nitrogen and oxygen atoms in total. The van der Waals surface area contributed by atoms with Crippen molar-refractivity contribution in [2.24, 2.45) is 0 Å². The number of hydrogen-bond donors (Lipinski definition) is 2. The third-order valence-corrected chi connectivity index (χ3v) is 4.55. The van der Waals surface area contributed by atoms with E-state index >= 15 is 0 Å². The third kappa shape index (κ3) is 4.17. The van der Waals surface area contributed by atoms with Crippen molar-refractivity contribution in [1.82, 2.24) is 10.4 Å². The number of anilines is 1. The van der Waals surface area contributed by atoms with E-state index in [2.05, 4.69) is 10.7 Å². The Labute approximate surface area is 156 Å². The van der Waals surface area contributed by atoms with Crippen molar-refractivity contribution in [1.29, 1.82) is 0 Å².